The average Bonchev–Trinajstić information content (AvgIpc) is 2.83. The average molecular weight is 563 g/mol. The molecule has 0 bridgehead atoms. The van der Waals surface area contributed by atoms with E-state index in [1.807, 2.05) is 23.9 Å². The van der Waals surface area contributed by atoms with Gasteiger partial charge < -0.3 is 30.0 Å². The van der Waals surface area contributed by atoms with Crippen molar-refractivity contribution in [1.82, 2.24) is 24.9 Å². The fraction of sp³-hybridized carbons (Fsp3) is 0.913. The topological polar surface area (TPSA) is 186 Å². The number of nitrogens with zero attached hydrogens (tertiary/aromatic N) is 7. The molecule has 1 saturated heterocycles. The number of unbranched alkanes of at least 4 members (excludes halogenated alkanes) is 1. The smallest absolute Gasteiger partial charge is 0.339 e. The summed E-state index contributed by atoms with van der Waals surface area (Å²) < 4.78 is 11.5. The third kappa shape index (κ3) is 17.0. The summed E-state index contributed by atoms with van der Waals surface area (Å²) in [5.74, 6) is -0.933. The van der Waals surface area contributed by atoms with Crippen molar-refractivity contribution in [2.45, 2.75) is 51.0 Å². The van der Waals surface area contributed by atoms with Crippen LogP contribution in [0, 0.1) is 0 Å². The van der Waals surface area contributed by atoms with E-state index in [1.165, 1.54) is 0 Å². The number of hydrogen-bond donors (Lipinski definition) is 4. The molecule has 1 rings (SSSR count). The highest BCUT2D eigenvalue weighted by Crippen LogP contribution is 2.35. The second kappa shape index (κ2) is 19.3. The lowest BCUT2D eigenvalue weighted by atomic mass is 10.1. The highest BCUT2D eigenvalue weighted by Gasteiger charge is 2.26. The molecule has 220 valence electrons. The SMILES string of the molecule is CN1CCCN(C(CCCCNC(=O)CCCN=[N+]=[N-])C(=O)O)CCN(C)CCCN(CP(=O)(O)O)CC1. The molecule has 1 fully saturated rings. The molecule has 0 aromatic heterocycles. The second-order valence-corrected chi connectivity index (χ2v) is 11.6. The van der Waals surface area contributed by atoms with E-state index in [1.54, 1.807) is 0 Å². The van der Waals surface area contributed by atoms with Gasteiger partial charge in [-0.05, 0) is 71.2 Å². The minimum atomic E-state index is -4.12. The molecule has 0 aromatic rings. The highest BCUT2D eigenvalue weighted by atomic mass is 31.2. The Kier molecular flexibility index (Phi) is 17.4. The van der Waals surface area contributed by atoms with Crippen molar-refractivity contribution in [2.75, 3.05) is 85.8 Å². The van der Waals surface area contributed by atoms with Gasteiger partial charge in [0.1, 0.15) is 12.3 Å². The minimum Gasteiger partial charge on any atom is -0.480 e. The third-order valence-electron chi connectivity index (χ3n) is 6.63. The molecule has 0 aromatic carbocycles. The van der Waals surface area contributed by atoms with Crippen LogP contribution < -0.4 is 5.32 Å². The number of carboxylic acid groups (broad SMARTS) is 1. The number of aliphatic carboxylic acids is 1. The van der Waals surface area contributed by atoms with Crippen molar-refractivity contribution in [3.05, 3.63) is 10.4 Å². The number of amides is 1. The number of carbonyl (C=O) groups is 2. The van der Waals surface area contributed by atoms with Gasteiger partial charge >= 0.3 is 13.6 Å². The molecule has 1 aliphatic heterocycles. The first-order valence-corrected chi connectivity index (χ1v) is 15.2. The van der Waals surface area contributed by atoms with Crippen molar-refractivity contribution in [3.63, 3.8) is 0 Å². The standard InChI is InChI=1S/C23H47N8O6P/c1-28-13-7-15-31(19-17-29(2)12-6-14-30(18-16-28)20-38(35,36)37)21(23(33)34)8-3-4-10-25-22(32)9-5-11-26-27-24/h21H,3-20H2,1-2H3,(H,25,32)(H,33,34)(H2,35,36,37). The second-order valence-electron chi connectivity index (χ2n) is 10.0. The van der Waals surface area contributed by atoms with Crippen LogP contribution in [-0.4, -0.2) is 138 Å². The zero-order valence-electron chi connectivity index (χ0n) is 22.9. The van der Waals surface area contributed by atoms with E-state index >= 15 is 0 Å². The summed E-state index contributed by atoms with van der Waals surface area (Å²) in [6.45, 7) is 6.08. The van der Waals surface area contributed by atoms with Gasteiger partial charge in [-0.15, -0.1) is 0 Å². The van der Waals surface area contributed by atoms with Crippen molar-refractivity contribution in [2.24, 2.45) is 5.11 Å². The summed E-state index contributed by atoms with van der Waals surface area (Å²) in [7, 11) is -0.167. The van der Waals surface area contributed by atoms with Crippen LogP contribution in [0.4, 0.5) is 0 Å². The molecular weight excluding hydrogens is 515 g/mol. The Labute approximate surface area is 226 Å². The van der Waals surface area contributed by atoms with E-state index in [0.29, 0.717) is 84.5 Å². The van der Waals surface area contributed by atoms with Gasteiger partial charge in [0, 0.05) is 63.7 Å². The van der Waals surface area contributed by atoms with Gasteiger partial charge in [-0.2, -0.15) is 0 Å². The first-order valence-electron chi connectivity index (χ1n) is 13.4. The molecule has 0 spiro atoms. The quantitative estimate of drug-likeness (QED) is 0.0836. The lowest BCUT2D eigenvalue weighted by Crippen LogP contribution is -2.46. The summed E-state index contributed by atoms with van der Waals surface area (Å²) in [5.41, 5.74) is 8.26. The Morgan fingerprint density at radius 3 is 2.26 bits per heavy atom. The highest BCUT2D eigenvalue weighted by molar-refractivity contribution is 7.51. The maximum absolute atomic E-state index is 12.2. The zero-order chi connectivity index (χ0) is 28.4. The molecule has 1 aliphatic rings. The lowest BCUT2D eigenvalue weighted by molar-refractivity contribution is -0.143. The number of carbonyl (C=O) groups excluding carboxylic acids is 1. The maximum atomic E-state index is 12.2. The first-order chi connectivity index (χ1) is 18.0. The third-order valence-corrected chi connectivity index (χ3v) is 7.40. The molecule has 1 amide bonds. The predicted octanol–water partition coefficient (Wildman–Crippen LogP) is 1.21. The Bertz CT molecular complexity index is 794. The molecule has 0 saturated carbocycles. The Balaban J connectivity index is 2.60. The first kappa shape index (κ1) is 34.3. The van der Waals surface area contributed by atoms with Crippen LogP contribution in [-0.2, 0) is 14.2 Å². The van der Waals surface area contributed by atoms with E-state index in [9.17, 15) is 29.0 Å². The molecule has 15 heteroatoms. The normalized spacial score (nSPS) is 19.3. The molecule has 0 aliphatic carbocycles. The zero-order valence-corrected chi connectivity index (χ0v) is 23.8. The minimum absolute atomic E-state index is 0.0975. The number of hydrogen-bond acceptors (Lipinski definition) is 8. The van der Waals surface area contributed by atoms with Crippen LogP contribution in [0.2, 0.25) is 0 Å². The van der Waals surface area contributed by atoms with Crippen LogP contribution in [0.5, 0.6) is 0 Å². The van der Waals surface area contributed by atoms with Gasteiger partial charge in [-0.25, -0.2) is 0 Å². The van der Waals surface area contributed by atoms with Gasteiger partial charge in [0.15, 0.2) is 0 Å². The molecule has 14 nitrogen and oxygen atoms in total. The molecule has 1 atom stereocenters. The van der Waals surface area contributed by atoms with Crippen molar-refractivity contribution >= 4 is 19.5 Å². The number of azide groups is 1. The Hall–Kier alpha value is -1.76. The summed E-state index contributed by atoms with van der Waals surface area (Å²) in [5, 5.41) is 16.2. The monoisotopic (exact) mass is 562 g/mol. The molecule has 38 heavy (non-hydrogen) atoms. The van der Waals surface area contributed by atoms with Gasteiger partial charge in [-0.3, -0.25) is 24.0 Å². The fourth-order valence-corrected chi connectivity index (χ4v) is 5.28. The van der Waals surface area contributed by atoms with Gasteiger partial charge in [0.25, 0.3) is 0 Å². The van der Waals surface area contributed by atoms with E-state index in [0.717, 1.165) is 25.9 Å². The Morgan fingerprint density at radius 1 is 0.974 bits per heavy atom. The van der Waals surface area contributed by atoms with Crippen molar-refractivity contribution < 1.29 is 29.0 Å². The van der Waals surface area contributed by atoms with Crippen LogP contribution in [0.3, 0.4) is 0 Å². The van der Waals surface area contributed by atoms with Crippen LogP contribution >= 0.6 is 7.60 Å². The van der Waals surface area contributed by atoms with Crippen molar-refractivity contribution in [1.29, 1.82) is 0 Å². The predicted molar refractivity (Wildman–Crippen MR) is 146 cm³/mol. The molecule has 1 unspecified atom stereocenters. The molecule has 4 N–H and O–H groups in total. The number of nitrogens with one attached hydrogen (secondary N) is 1. The number of likely N-dealkylation sites (N-methyl/N-ethyl adjacent to an activating group) is 2. The van der Waals surface area contributed by atoms with Crippen LogP contribution in [0.15, 0.2) is 5.11 Å². The van der Waals surface area contributed by atoms with Gasteiger partial charge in [0.2, 0.25) is 5.91 Å². The number of carboxylic acids is 1. The molecular formula is C23H47N8O6P. The van der Waals surface area contributed by atoms with Crippen LogP contribution in [0.25, 0.3) is 10.4 Å². The van der Waals surface area contributed by atoms with Gasteiger partial charge in [0.05, 0.1) is 0 Å². The fourth-order valence-electron chi connectivity index (χ4n) is 4.48. The maximum Gasteiger partial charge on any atom is 0.339 e. The summed E-state index contributed by atoms with van der Waals surface area (Å²) in [6.07, 6.45) is 3.98. The van der Waals surface area contributed by atoms with Crippen molar-refractivity contribution in [3.8, 4) is 0 Å². The Morgan fingerprint density at radius 2 is 1.63 bits per heavy atom. The van der Waals surface area contributed by atoms with E-state index in [2.05, 4.69) is 25.1 Å². The van der Waals surface area contributed by atoms with E-state index < -0.39 is 19.6 Å². The lowest BCUT2D eigenvalue weighted by Gasteiger charge is -2.32. The largest absolute Gasteiger partial charge is 0.480 e. The molecule has 1 heterocycles. The number of rotatable bonds is 13. The summed E-state index contributed by atoms with van der Waals surface area (Å²) in [4.78, 5) is 53.6. The van der Waals surface area contributed by atoms with E-state index in [4.69, 9.17) is 5.53 Å². The van der Waals surface area contributed by atoms with Gasteiger partial charge in [-0.1, -0.05) is 5.11 Å². The van der Waals surface area contributed by atoms with Crippen LogP contribution in [0.1, 0.15) is 44.9 Å². The summed E-state index contributed by atoms with van der Waals surface area (Å²) in [6, 6.07) is -0.597. The molecule has 0 radical (unpaired) electrons. The summed E-state index contributed by atoms with van der Waals surface area (Å²) >= 11 is 0. The van der Waals surface area contributed by atoms with E-state index in [-0.39, 0.29) is 12.2 Å².